The minimum Gasteiger partial charge on any atom is -0.489 e. The SMILES string of the molecule is CCCOC(=O)c1ccc(NCC(=O)Nc2ccccc2OC(C)C)cc1. The molecule has 2 aromatic carbocycles. The van der Waals surface area contributed by atoms with Crippen LogP contribution in [0.2, 0.25) is 0 Å². The summed E-state index contributed by atoms with van der Waals surface area (Å²) in [5.41, 5.74) is 1.86. The summed E-state index contributed by atoms with van der Waals surface area (Å²) in [7, 11) is 0. The van der Waals surface area contributed by atoms with Crippen molar-refractivity contribution >= 4 is 23.3 Å². The number of ether oxygens (including phenoxy) is 2. The van der Waals surface area contributed by atoms with E-state index in [-0.39, 0.29) is 24.5 Å². The Morgan fingerprint density at radius 1 is 1.04 bits per heavy atom. The maximum absolute atomic E-state index is 12.2. The Balaban J connectivity index is 1.88. The lowest BCUT2D eigenvalue weighted by Gasteiger charge is -2.15. The van der Waals surface area contributed by atoms with Gasteiger partial charge in [0.25, 0.3) is 0 Å². The number of para-hydroxylation sites is 2. The quantitative estimate of drug-likeness (QED) is 0.650. The molecule has 1 amide bonds. The molecular weight excluding hydrogens is 344 g/mol. The first-order chi connectivity index (χ1) is 13.0. The van der Waals surface area contributed by atoms with Crippen molar-refractivity contribution in [2.45, 2.75) is 33.3 Å². The molecular formula is C21H26N2O4. The Hall–Kier alpha value is -3.02. The number of hydrogen-bond donors (Lipinski definition) is 2. The van der Waals surface area contributed by atoms with Crippen molar-refractivity contribution in [2.75, 3.05) is 23.8 Å². The third-order valence-electron chi connectivity index (χ3n) is 3.53. The third kappa shape index (κ3) is 6.66. The predicted octanol–water partition coefficient (Wildman–Crippen LogP) is 4.09. The second-order valence-electron chi connectivity index (χ2n) is 6.28. The van der Waals surface area contributed by atoms with Crippen LogP contribution in [0.25, 0.3) is 0 Å². The van der Waals surface area contributed by atoms with Crippen molar-refractivity contribution in [1.82, 2.24) is 0 Å². The van der Waals surface area contributed by atoms with Gasteiger partial charge in [0.05, 0.1) is 30.5 Å². The highest BCUT2D eigenvalue weighted by Gasteiger charge is 2.10. The van der Waals surface area contributed by atoms with Crippen LogP contribution in [0.15, 0.2) is 48.5 Å². The topological polar surface area (TPSA) is 76.7 Å². The van der Waals surface area contributed by atoms with Gasteiger partial charge in [0.2, 0.25) is 5.91 Å². The second kappa shape index (κ2) is 10.2. The summed E-state index contributed by atoms with van der Waals surface area (Å²) in [5, 5.41) is 5.87. The normalized spacial score (nSPS) is 10.4. The fraction of sp³-hybridized carbons (Fsp3) is 0.333. The molecule has 0 heterocycles. The number of carbonyl (C=O) groups is 2. The average Bonchev–Trinajstić information content (AvgIpc) is 2.66. The third-order valence-corrected chi connectivity index (χ3v) is 3.53. The first-order valence-corrected chi connectivity index (χ1v) is 9.06. The minimum atomic E-state index is -0.345. The maximum atomic E-state index is 12.2. The molecule has 0 fully saturated rings. The molecule has 2 N–H and O–H groups in total. The van der Waals surface area contributed by atoms with Crippen LogP contribution in [0.1, 0.15) is 37.6 Å². The highest BCUT2D eigenvalue weighted by atomic mass is 16.5. The molecule has 0 radical (unpaired) electrons. The number of hydrogen-bond acceptors (Lipinski definition) is 5. The van der Waals surface area contributed by atoms with E-state index in [1.165, 1.54) is 0 Å². The lowest BCUT2D eigenvalue weighted by molar-refractivity contribution is -0.114. The van der Waals surface area contributed by atoms with E-state index in [0.717, 1.165) is 12.1 Å². The number of anilines is 2. The lowest BCUT2D eigenvalue weighted by atomic mass is 10.2. The molecule has 0 aliphatic rings. The summed E-state index contributed by atoms with van der Waals surface area (Å²) in [4.78, 5) is 24.0. The largest absolute Gasteiger partial charge is 0.489 e. The molecule has 0 spiro atoms. The number of benzene rings is 2. The molecule has 6 nitrogen and oxygen atoms in total. The molecule has 0 aliphatic heterocycles. The Kier molecular flexibility index (Phi) is 7.67. The molecule has 0 atom stereocenters. The van der Waals surface area contributed by atoms with Gasteiger partial charge in [0, 0.05) is 5.69 Å². The van der Waals surface area contributed by atoms with E-state index in [0.29, 0.717) is 23.6 Å². The number of rotatable bonds is 9. The first kappa shape index (κ1) is 20.3. The van der Waals surface area contributed by atoms with Gasteiger partial charge in [0.15, 0.2) is 0 Å². The number of carbonyl (C=O) groups excluding carboxylic acids is 2. The number of amides is 1. The van der Waals surface area contributed by atoms with Crippen molar-refractivity contribution in [1.29, 1.82) is 0 Å². The van der Waals surface area contributed by atoms with Gasteiger partial charge in [-0.05, 0) is 56.7 Å². The smallest absolute Gasteiger partial charge is 0.338 e. The monoisotopic (exact) mass is 370 g/mol. The number of nitrogens with one attached hydrogen (secondary N) is 2. The fourth-order valence-electron chi connectivity index (χ4n) is 2.31. The van der Waals surface area contributed by atoms with Crippen LogP contribution in [0.4, 0.5) is 11.4 Å². The van der Waals surface area contributed by atoms with Gasteiger partial charge in [-0.25, -0.2) is 4.79 Å². The van der Waals surface area contributed by atoms with Crippen molar-refractivity contribution in [2.24, 2.45) is 0 Å². The van der Waals surface area contributed by atoms with E-state index in [1.54, 1.807) is 30.3 Å². The van der Waals surface area contributed by atoms with E-state index in [9.17, 15) is 9.59 Å². The first-order valence-electron chi connectivity index (χ1n) is 9.06. The molecule has 27 heavy (non-hydrogen) atoms. The van der Waals surface area contributed by atoms with Crippen LogP contribution in [-0.4, -0.2) is 31.1 Å². The van der Waals surface area contributed by atoms with Crippen LogP contribution in [0.3, 0.4) is 0 Å². The number of esters is 1. The molecule has 0 saturated carbocycles. The van der Waals surface area contributed by atoms with Crippen LogP contribution < -0.4 is 15.4 Å². The van der Waals surface area contributed by atoms with Crippen LogP contribution in [0.5, 0.6) is 5.75 Å². The van der Waals surface area contributed by atoms with Crippen LogP contribution >= 0.6 is 0 Å². The van der Waals surface area contributed by atoms with Gasteiger partial charge >= 0.3 is 5.97 Å². The fourth-order valence-corrected chi connectivity index (χ4v) is 2.31. The minimum absolute atomic E-state index is 0.0173. The van der Waals surface area contributed by atoms with Gasteiger partial charge in [-0.1, -0.05) is 19.1 Å². The molecule has 6 heteroatoms. The summed E-state index contributed by atoms with van der Waals surface area (Å²) < 4.78 is 10.8. The Morgan fingerprint density at radius 3 is 2.41 bits per heavy atom. The van der Waals surface area contributed by atoms with E-state index in [4.69, 9.17) is 9.47 Å². The molecule has 0 aromatic heterocycles. The maximum Gasteiger partial charge on any atom is 0.338 e. The van der Waals surface area contributed by atoms with Gasteiger partial charge in [-0.2, -0.15) is 0 Å². The molecule has 0 saturated heterocycles. The Labute approximate surface area is 159 Å². The van der Waals surface area contributed by atoms with E-state index >= 15 is 0 Å². The van der Waals surface area contributed by atoms with E-state index < -0.39 is 0 Å². The summed E-state index contributed by atoms with van der Waals surface area (Å²) in [6.45, 7) is 6.30. The molecule has 2 aromatic rings. The van der Waals surface area contributed by atoms with Crippen LogP contribution in [-0.2, 0) is 9.53 Å². The van der Waals surface area contributed by atoms with Crippen molar-refractivity contribution in [3.63, 3.8) is 0 Å². The lowest BCUT2D eigenvalue weighted by Crippen LogP contribution is -2.22. The van der Waals surface area contributed by atoms with Gasteiger partial charge in [-0.3, -0.25) is 4.79 Å². The van der Waals surface area contributed by atoms with Crippen LogP contribution in [0, 0.1) is 0 Å². The average molecular weight is 370 g/mol. The summed E-state index contributed by atoms with van der Waals surface area (Å²) in [6.07, 6.45) is 0.801. The van der Waals surface area contributed by atoms with Crippen molar-refractivity contribution in [3.8, 4) is 5.75 Å². The van der Waals surface area contributed by atoms with E-state index in [1.807, 2.05) is 39.0 Å². The standard InChI is InChI=1S/C21H26N2O4/c1-4-13-26-21(25)16-9-11-17(12-10-16)22-14-20(24)23-18-7-5-6-8-19(18)27-15(2)3/h5-12,15,22H,4,13-14H2,1-3H3,(H,23,24). The van der Waals surface area contributed by atoms with Crippen molar-refractivity contribution in [3.05, 3.63) is 54.1 Å². The zero-order valence-corrected chi connectivity index (χ0v) is 16.0. The molecule has 144 valence electrons. The highest BCUT2D eigenvalue weighted by molar-refractivity contribution is 5.95. The zero-order valence-electron chi connectivity index (χ0n) is 16.0. The molecule has 0 aliphatic carbocycles. The molecule has 0 bridgehead atoms. The molecule has 0 unspecified atom stereocenters. The van der Waals surface area contributed by atoms with Gasteiger partial charge in [0.1, 0.15) is 5.75 Å². The van der Waals surface area contributed by atoms with Gasteiger partial charge < -0.3 is 20.1 Å². The Bertz CT molecular complexity index is 757. The summed E-state index contributed by atoms with van der Waals surface area (Å²) in [6, 6.07) is 14.1. The molecule has 2 rings (SSSR count). The second-order valence-corrected chi connectivity index (χ2v) is 6.28. The Morgan fingerprint density at radius 2 is 1.74 bits per heavy atom. The zero-order chi connectivity index (χ0) is 19.6. The van der Waals surface area contributed by atoms with Crippen molar-refractivity contribution < 1.29 is 19.1 Å². The predicted molar refractivity (Wildman–Crippen MR) is 106 cm³/mol. The van der Waals surface area contributed by atoms with E-state index in [2.05, 4.69) is 10.6 Å². The van der Waals surface area contributed by atoms with Gasteiger partial charge in [-0.15, -0.1) is 0 Å². The highest BCUT2D eigenvalue weighted by Crippen LogP contribution is 2.24. The summed E-state index contributed by atoms with van der Waals surface area (Å²) in [5.74, 6) is 0.0972. The summed E-state index contributed by atoms with van der Waals surface area (Å²) >= 11 is 0.